The van der Waals surface area contributed by atoms with Crippen LogP contribution in [-0.4, -0.2) is 18.3 Å². The van der Waals surface area contributed by atoms with Crippen LogP contribution >= 0.6 is 33.3 Å². The molecule has 0 spiro atoms. The van der Waals surface area contributed by atoms with Gasteiger partial charge in [0.05, 0.1) is 5.56 Å². The van der Waals surface area contributed by atoms with Gasteiger partial charge in [0.2, 0.25) is 3.70 Å². The molecule has 0 radical (unpaired) electrons. The molecule has 1 aromatic rings. The zero-order valence-corrected chi connectivity index (χ0v) is 11.3. The molecule has 1 aromatic heterocycles. The Bertz CT molecular complexity index is 580. The van der Waals surface area contributed by atoms with Gasteiger partial charge < -0.3 is 10.1 Å². The molecule has 0 bridgehead atoms. The Morgan fingerprint density at radius 3 is 2.41 bits per heavy atom. The van der Waals surface area contributed by atoms with Crippen LogP contribution in [0.15, 0.2) is 11.0 Å². The van der Waals surface area contributed by atoms with E-state index in [4.69, 9.17) is 10.7 Å². The van der Waals surface area contributed by atoms with E-state index < -0.39 is 36.7 Å². The second-order valence-electron chi connectivity index (χ2n) is 2.68. The molecule has 11 heteroatoms. The highest BCUT2D eigenvalue weighted by Gasteiger charge is 2.34. The van der Waals surface area contributed by atoms with Crippen LogP contribution in [0.1, 0.15) is 12.0 Å². The average molecular weight is 399 g/mol. The van der Waals surface area contributed by atoms with Crippen molar-refractivity contribution in [2.45, 2.75) is 11.3 Å². The average Bonchev–Trinajstić information content (AvgIpc) is 2.14. The minimum atomic E-state index is -4.69. The third kappa shape index (κ3) is 3.19. The molecule has 0 saturated carbocycles. The zero-order chi connectivity index (χ0) is 13.4. The van der Waals surface area contributed by atoms with E-state index in [1.807, 2.05) is 0 Å². The van der Waals surface area contributed by atoms with Crippen molar-refractivity contribution in [1.82, 2.24) is 4.98 Å². The molecule has 0 aliphatic carbocycles. The fourth-order valence-electron chi connectivity index (χ4n) is 1.04. The van der Waals surface area contributed by atoms with E-state index in [0.29, 0.717) is 0 Å². The number of nitrogens with zero attached hydrogens (tertiary/aromatic N) is 2. The summed E-state index contributed by atoms with van der Waals surface area (Å²) in [7, 11) is 0.215. The van der Waals surface area contributed by atoms with Crippen molar-refractivity contribution in [3.05, 3.63) is 25.4 Å². The normalized spacial score (nSPS) is 11.8. The molecular weight excluding hydrogens is 396 g/mol. The SMILES string of the molecule is O=[N+]([O-])c1nc(I)cc(C(F)F)c1S(=O)(=O)Cl. The molecule has 0 N–H and O–H groups in total. The lowest BCUT2D eigenvalue weighted by Gasteiger charge is -2.05. The van der Waals surface area contributed by atoms with Crippen LogP contribution < -0.4 is 0 Å². The maximum atomic E-state index is 12.6. The van der Waals surface area contributed by atoms with Crippen molar-refractivity contribution < 1.29 is 22.1 Å². The first-order valence-corrected chi connectivity index (χ1v) is 7.11. The first kappa shape index (κ1) is 14.4. The predicted octanol–water partition coefficient (Wildman–Crippen LogP) is 2.46. The van der Waals surface area contributed by atoms with E-state index in [1.165, 1.54) is 22.6 Å². The summed E-state index contributed by atoms with van der Waals surface area (Å²) in [6.45, 7) is 0. The highest BCUT2D eigenvalue weighted by Crippen LogP contribution is 2.35. The Labute approximate surface area is 112 Å². The van der Waals surface area contributed by atoms with Gasteiger partial charge >= 0.3 is 5.82 Å². The Morgan fingerprint density at radius 2 is 2.06 bits per heavy atom. The molecule has 0 aliphatic rings. The molecule has 0 fully saturated rings. The van der Waals surface area contributed by atoms with Crippen LogP contribution in [0.2, 0.25) is 0 Å². The highest BCUT2D eigenvalue weighted by molar-refractivity contribution is 14.1. The second-order valence-corrected chi connectivity index (χ2v) is 6.29. The summed E-state index contributed by atoms with van der Waals surface area (Å²) < 4.78 is 47.2. The molecular formula is C6H2ClF2IN2O4S. The van der Waals surface area contributed by atoms with E-state index in [2.05, 4.69) is 4.98 Å². The largest absolute Gasteiger partial charge is 0.385 e. The summed E-state index contributed by atoms with van der Waals surface area (Å²) in [5.41, 5.74) is -1.04. The van der Waals surface area contributed by atoms with Crippen molar-refractivity contribution in [2.75, 3.05) is 0 Å². The fraction of sp³-hybridized carbons (Fsp3) is 0.167. The molecule has 1 heterocycles. The van der Waals surface area contributed by atoms with Crippen LogP contribution in [0.5, 0.6) is 0 Å². The smallest absolute Gasteiger partial charge is 0.358 e. The summed E-state index contributed by atoms with van der Waals surface area (Å²) >= 11 is 1.46. The van der Waals surface area contributed by atoms with Gasteiger partial charge in [0.1, 0.15) is 0 Å². The Hall–Kier alpha value is -0.620. The Kier molecular flexibility index (Phi) is 4.19. The molecule has 1 rings (SSSR count). The van der Waals surface area contributed by atoms with Crippen LogP contribution in [-0.2, 0) is 9.05 Å². The van der Waals surface area contributed by atoms with Crippen molar-refractivity contribution in [3.63, 3.8) is 0 Å². The summed E-state index contributed by atoms with van der Waals surface area (Å²) in [6, 6.07) is 0.730. The molecule has 0 aliphatic heterocycles. The predicted molar refractivity (Wildman–Crippen MR) is 61.6 cm³/mol. The van der Waals surface area contributed by atoms with E-state index in [0.717, 1.165) is 6.07 Å². The van der Waals surface area contributed by atoms with Gasteiger partial charge in [0.25, 0.3) is 15.5 Å². The molecule has 17 heavy (non-hydrogen) atoms. The summed E-state index contributed by atoms with van der Waals surface area (Å²) in [6.07, 6.45) is -3.21. The van der Waals surface area contributed by atoms with E-state index >= 15 is 0 Å². The van der Waals surface area contributed by atoms with E-state index in [1.54, 1.807) is 0 Å². The monoisotopic (exact) mass is 398 g/mol. The first-order valence-electron chi connectivity index (χ1n) is 3.72. The maximum Gasteiger partial charge on any atom is 0.385 e. The second kappa shape index (κ2) is 4.94. The molecule has 94 valence electrons. The van der Waals surface area contributed by atoms with E-state index in [-0.39, 0.29) is 3.70 Å². The molecule has 0 saturated heterocycles. The lowest BCUT2D eigenvalue weighted by atomic mass is 10.3. The van der Waals surface area contributed by atoms with Gasteiger partial charge in [-0.25, -0.2) is 17.2 Å². The van der Waals surface area contributed by atoms with Crippen molar-refractivity contribution in [3.8, 4) is 0 Å². The molecule has 0 aromatic carbocycles. The van der Waals surface area contributed by atoms with Crippen LogP contribution in [0, 0.1) is 13.8 Å². The first-order chi connectivity index (χ1) is 7.64. The van der Waals surface area contributed by atoms with Crippen LogP contribution in [0.3, 0.4) is 0 Å². The van der Waals surface area contributed by atoms with Gasteiger partial charge in [-0.15, -0.1) is 0 Å². The number of aromatic nitrogens is 1. The third-order valence-electron chi connectivity index (χ3n) is 1.60. The molecule has 0 amide bonds. The number of hydrogen-bond acceptors (Lipinski definition) is 5. The number of halogens is 4. The zero-order valence-electron chi connectivity index (χ0n) is 7.60. The third-order valence-corrected chi connectivity index (χ3v) is 3.53. The maximum absolute atomic E-state index is 12.6. The topological polar surface area (TPSA) is 90.2 Å². The summed E-state index contributed by atoms with van der Waals surface area (Å²) in [5.74, 6) is -1.21. The summed E-state index contributed by atoms with van der Waals surface area (Å²) in [5, 5.41) is 10.6. The minimum Gasteiger partial charge on any atom is -0.358 e. The van der Waals surface area contributed by atoms with Gasteiger partial charge in [-0.2, -0.15) is 0 Å². The van der Waals surface area contributed by atoms with Gasteiger partial charge in [0.15, 0.2) is 4.90 Å². The van der Waals surface area contributed by atoms with Crippen LogP contribution in [0.25, 0.3) is 0 Å². The molecule has 0 unspecified atom stereocenters. The van der Waals surface area contributed by atoms with Crippen molar-refractivity contribution in [1.29, 1.82) is 0 Å². The fourth-order valence-corrected chi connectivity index (χ4v) is 2.85. The highest BCUT2D eigenvalue weighted by atomic mass is 127. The van der Waals surface area contributed by atoms with Crippen molar-refractivity contribution in [2.24, 2.45) is 0 Å². The van der Waals surface area contributed by atoms with Gasteiger partial charge in [-0.05, 0) is 9.91 Å². The molecule has 6 nitrogen and oxygen atoms in total. The Balaban J connectivity index is 3.79. The molecule has 0 atom stereocenters. The number of pyridine rings is 1. The van der Waals surface area contributed by atoms with Gasteiger partial charge in [-0.1, -0.05) is 0 Å². The van der Waals surface area contributed by atoms with Gasteiger partial charge in [0, 0.05) is 39.3 Å². The van der Waals surface area contributed by atoms with E-state index in [9.17, 15) is 27.3 Å². The lowest BCUT2D eigenvalue weighted by Crippen LogP contribution is -2.07. The quantitative estimate of drug-likeness (QED) is 0.256. The Morgan fingerprint density at radius 1 is 1.53 bits per heavy atom. The number of rotatable bonds is 3. The summed E-state index contributed by atoms with van der Waals surface area (Å²) in [4.78, 5) is 11.4. The van der Waals surface area contributed by atoms with Gasteiger partial charge in [-0.3, -0.25) is 0 Å². The van der Waals surface area contributed by atoms with Crippen molar-refractivity contribution >= 4 is 48.1 Å². The lowest BCUT2D eigenvalue weighted by molar-refractivity contribution is -0.392. The number of alkyl halides is 2. The number of nitro groups is 1. The minimum absolute atomic E-state index is 0.131. The van der Waals surface area contributed by atoms with Crippen LogP contribution in [0.4, 0.5) is 14.6 Å². The number of hydrogen-bond donors (Lipinski definition) is 0. The standard InChI is InChI=1S/C6H2ClF2IN2O4S/c7-17(15,16)4-2(5(8)9)1-3(10)11-6(4)12(13)14/h1,5H.